The molecule has 0 aliphatic carbocycles. The van der Waals surface area contributed by atoms with Crippen LogP contribution in [-0.4, -0.2) is 20.6 Å². The van der Waals surface area contributed by atoms with E-state index in [2.05, 4.69) is 5.32 Å². The molecule has 1 amide bonds. The lowest BCUT2D eigenvalue weighted by molar-refractivity contribution is -0.612. The molecule has 29 heavy (non-hydrogen) atoms. The van der Waals surface area contributed by atoms with Crippen molar-refractivity contribution in [1.82, 2.24) is 5.32 Å². The first-order valence-corrected chi connectivity index (χ1v) is 10.9. The van der Waals surface area contributed by atoms with Crippen molar-refractivity contribution in [3.63, 3.8) is 0 Å². The highest BCUT2D eigenvalue weighted by molar-refractivity contribution is 7.90. The van der Waals surface area contributed by atoms with Crippen LogP contribution >= 0.6 is 0 Å². The van der Waals surface area contributed by atoms with Crippen molar-refractivity contribution in [1.29, 1.82) is 0 Å². The molecule has 6 nitrogen and oxygen atoms in total. The van der Waals surface area contributed by atoms with E-state index < -0.39 is 15.7 Å². The molecule has 3 aromatic rings. The van der Waals surface area contributed by atoms with Crippen LogP contribution in [0.25, 0.3) is 11.1 Å². The highest BCUT2D eigenvalue weighted by atomic mass is 32.2. The van der Waals surface area contributed by atoms with Gasteiger partial charge in [0, 0.05) is 36.9 Å². The van der Waals surface area contributed by atoms with Crippen molar-refractivity contribution < 1.29 is 17.9 Å². The first-order chi connectivity index (χ1) is 13.6. The summed E-state index contributed by atoms with van der Waals surface area (Å²) in [5.41, 5.74) is 4.00. The Kier molecular flexibility index (Phi) is 5.70. The molecule has 1 N–H and O–H groups in total. The number of amides is 1. The third-order valence-corrected chi connectivity index (χ3v) is 5.70. The zero-order valence-electron chi connectivity index (χ0n) is 16.5. The summed E-state index contributed by atoms with van der Waals surface area (Å²) in [5.74, 6) is -0.415. The van der Waals surface area contributed by atoms with Crippen LogP contribution in [0.2, 0.25) is 0 Å². The van der Waals surface area contributed by atoms with Gasteiger partial charge in [0.05, 0.1) is 4.90 Å². The molecule has 1 aromatic heterocycles. The number of aromatic nitrogens is 1. The van der Waals surface area contributed by atoms with E-state index in [1.54, 1.807) is 31.2 Å². The van der Waals surface area contributed by atoms with Crippen molar-refractivity contribution >= 4 is 15.7 Å². The van der Waals surface area contributed by atoms with Gasteiger partial charge >= 0.3 is 0 Å². The summed E-state index contributed by atoms with van der Waals surface area (Å²) in [5, 5.41) is 14.4. The Bertz CT molecular complexity index is 1170. The van der Waals surface area contributed by atoms with Crippen LogP contribution in [0, 0.1) is 19.1 Å². The summed E-state index contributed by atoms with van der Waals surface area (Å²) in [6, 6.07) is 15.7. The average Bonchev–Trinajstić information content (AvgIpc) is 2.68. The van der Waals surface area contributed by atoms with E-state index in [0.717, 1.165) is 22.1 Å². The Morgan fingerprint density at radius 1 is 1.00 bits per heavy atom. The van der Waals surface area contributed by atoms with Crippen LogP contribution in [0.1, 0.15) is 27.2 Å². The number of carbonyl (C=O) groups is 1. The maximum absolute atomic E-state index is 12.7. The fraction of sp³-hybridized carbons (Fsp3) is 0.182. The molecule has 0 saturated carbocycles. The molecule has 0 unspecified atom stereocenters. The molecule has 0 bridgehead atoms. The summed E-state index contributed by atoms with van der Waals surface area (Å²) in [4.78, 5) is 12.8. The van der Waals surface area contributed by atoms with Gasteiger partial charge in [-0.15, -0.1) is 0 Å². The predicted molar refractivity (Wildman–Crippen MR) is 111 cm³/mol. The Balaban J connectivity index is 1.92. The van der Waals surface area contributed by atoms with E-state index in [1.165, 1.54) is 12.3 Å². The second-order valence-electron chi connectivity index (χ2n) is 7.07. The molecular weight excluding hydrogens is 388 g/mol. The van der Waals surface area contributed by atoms with Crippen molar-refractivity contribution in [2.24, 2.45) is 0 Å². The lowest BCUT2D eigenvalue weighted by atomic mass is 10.0. The molecule has 3 rings (SSSR count). The molecule has 7 heteroatoms. The second kappa shape index (κ2) is 8.05. The fourth-order valence-electron chi connectivity index (χ4n) is 2.84. The summed E-state index contributed by atoms with van der Waals surface area (Å²) >= 11 is 0. The minimum absolute atomic E-state index is 0.0773. The third-order valence-electron chi connectivity index (χ3n) is 4.60. The van der Waals surface area contributed by atoms with Gasteiger partial charge in [0.1, 0.15) is 0 Å². The largest absolute Gasteiger partial charge is 0.619 e. The Morgan fingerprint density at radius 3 is 2.31 bits per heavy atom. The van der Waals surface area contributed by atoms with E-state index in [4.69, 9.17) is 0 Å². The molecular formula is C22H22N2O4S. The normalized spacial score (nSPS) is 11.3. The summed E-state index contributed by atoms with van der Waals surface area (Å²) in [7, 11) is -3.50. The Labute approximate surface area is 170 Å². The molecule has 0 aliphatic rings. The van der Waals surface area contributed by atoms with Crippen molar-refractivity contribution in [3.8, 4) is 11.1 Å². The monoisotopic (exact) mass is 410 g/mol. The van der Waals surface area contributed by atoms with Crippen LogP contribution in [0.5, 0.6) is 0 Å². The molecule has 2 aromatic carbocycles. The zero-order valence-corrected chi connectivity index (χ0v) is 17.3. The van der Waals surface area contributed by atoms with Crippen LogP contribution in [0.4, 0.5) is 0 Å². The number of nitrogens with zero attached hydrogens (tertiary/aromatic N) is 1. The van der Waals surface area contributed by atoms with Gasteiger partial charge in [0.15, 0.2) is 21.7 Å². The maximum Gasteiger partial charge on any atom is 0.251 e. The molecule has 0 aliphatic heterocycles. The van der Waals surface area contributed by atoms with Gasteiger partial charge in [-0.05, 0) is 42.3 Å². The maximum atomic E-state index is 12.7. The van der Waals surface area contributed by atoms with Crippen LogP contribution < -0.4 is 10.0 Å². The zero-order chi connectivity index (χ0) is 21.2. The summed E-state index contributed by atoms with van der Waals surface area (Å²) < 4.78 is 25.0. The quantitative estimate of drug-likeness (QED) is 0.517. The lowest BCUT2D eigenvalue weighted by Gasteiger charge is -2.11. The van der Waals surface area contributed by atoms with E-state index >= 15 is 0 Å². The number of benzene rings is 2. The highest BCUT2D eigenvalue weighted by Crippen LogP contribution is 2.25. The number of nitrogens with one attached hydrogen (secondary N) is 1. The third kappa shape index (κ3) is 5.00. The van der Waals surface area contributed by atoms with E-state index in [1.807, 2.05) is 31.2 Å². The van der Waals surface area contributed by atoms with E-state index in [0.29, 0.717) is 16.8 Å². The summed E-state index contributed by atoms with van der Waals surface area (Å²) in [6.45, 7) is 3.81. The minimum Gasteiger partial charge on any atom is -0.619 e. The molecule has 0 fully saturated rings. The second-order valence-corrected chi connectivity index (χ2v) is 9.09. The molecule has 150 valence electrons. The average molecular weight is 410 g/mol. The van der Waals surface area contributed by atoms with Crippen LogP contribution in [0.3, 0.4) is 0 Å². The number of rotatable bonds is 5. The molecule has 0 saturated heterocycles. The standard InChI is InChI=1S/C22H22N2O4S/c1-15-4-8-18(9-5-15)19-10-20(12-21(11-19)29(3,27)28)22(25)23-13-17-7-6-16(2)24(26)14-17/h4-12,14H,13H2,1-3H3,(H,23,25). The lowest BCUT2D eigenvalue weighted by Crippen LogP contribution is -2.31. The SMILES string of the molecule is Cc1ccc(-c2cc(C(=O)NCc3ccc(C)[n+]([O-])c3)cc(S(C)(=O)=O)c2)cc1. The van der Waals surface area contributed by atoms with Crippen LogP contribution in [-0.2, 0) is 16.4 Å². The molecule has 0 spiro atoms. The van der Waals surface area contributed by atoms with Gasteiger partial charge in [0.2, 0.25) is 0 Å². The van der Waals surface area contributed by atoms with Gasteiger partial charge in [-0.2, -0.15) is 4.73 Å². The number of aryl methyl sites for hydroxylation is 2. The van der Waals surface area contributed by atoms with Crippen molar-refractivity contribution in [2.45, 2.75) is 25.3 Å². The first-order valence-electron chi connectivity index (χ1n) is 9.02. The predicted octanol–water partition coefficient (Wildman–Crippen LogP) is 2.94. The summed E-state index contributed by atoms with van der Waals surface area (Å²) in [6.07, 6.45) is 2.52. The number of hydrogen-bond donors (Lipinski definition) is 1. The van der Waals surface area contributed by atoms with E-state index in [-0.39, 0.29) is 17.0 Å². The smallest absolute Gasteiger partial charge is 0.251 e. The van der Waals surface area contributed by atoms with E-state index in [9.17, 15) is 18.4 Å². The number of hydrogen-bond acceptors (Lipinski definition) is 4. The molecule has 0 atom stereocenters. The van der Waals surface area contributed by atoms with Gasteiger partial charge < -0.3 is 10.5 Å². The minimum atomic E-state index is -3.50. The topological polar surface area (TPSA) is 90.2 Å². The first kappa shape index (κ1) is 20.5. The highest BCUT2D eigenvalue weighted by Gasteiger charge is 2.15. The number of sulfone groups is 1. The number of pyridine rings is 1. The van der Waals surface area contributed by atoms with Gasteiger partial charge in [-0.3, -0.25) is 4.79 Å². The van der Waals surface area contributed by atoms with Gasteiger partial charge in [-0.1, -0.05) is 29.8 Å². The Morgan fingerprint density at radius 2 is 1.69 bits per heavy atom. The molecule has 1 heterocycles. The van der Waals surface area contributed by atoms with Crippen molar-refractivity contribution in [2.75, 3.05) is 6.26 Å². The Hall–Kier alpha value is -3.19. The van der Waals surface area contributed by atoms with Gasteiger partial charge in [0.25, 0.3) is 5.91 Å². The number of carbonyl (C=O) groups excluding carboxylic acids is 1. The fourth-order valence-corrected chi connectivity index (χ4v) is 3.52. The molecule has 0 radical (unpaired) electrons. The van der Waals surface area contributed by atoms with Gasteiger partial charge in [-0.25, -0.2) is 8.42 Å². The van der Waals surface area contributed by atoms with Crippen LogP contribution in [0.15, 0.2) is 65.7 Å². The van der Waals surface area contributed by atoms with Crippen molar-refractivity contribution in [3.05, 3.63) is 88.4 Å².